The summed E-state index contributed by atoms with van der Waals surface area (Å²) in [7, 11) is -2.61. The molecule has 1 atom stereocenters. The van der Waals surface area contributed by atoms with Gasteiger partial charge in [0.2, 0.25) is 0 Å². The average Bonchev–Trinajstić information content (AvgIpc) is 2.28. The Morgan fingerprint density at radius 2 is 1.35 bits per heavy atom. The Hall–Kier alpha value is 0.0569. The molecule has 0 fully saturated rings. The van der Waals surface area contributed by atoms with E-state index in [1.165, 1.54) is 0 Å². The first-order chi connectivity index (χ1) is 8.14. The number of hydrogen-bond donors (Lipinski definition) is 0. The molecule has 0 bridgehead atoms. The van der Waals surface area contributed by atoms with E-state index in [1.54, 1.807) is 0 Å². The van der Waals surface area contributed by atoms with E-state index in [9.17, 15) is 0 Å². The Morgan fingerprint density at radius 3 is 1.71 bits per heavy atom. The van der Waals surface area contributed by atoms with Gasteiger partial charge in [-0.1, -0.05) is 13.3 Å². The van der Waals surface area contributed by atoms with Crippen molar-refractivity contribution >= 4 is 8.80 Å². The molecular weight excluding hydrogens is 236 g/mol. The van der Waals surface area contributed by atoms with Crippen molar-refractivity contribution in [3.05, 3.63) is 0 Å². The maximum Gasteiger partial charge on any atom is 0.528 e. The number of ether oxygens (including phenoxy) is 1. The van der Waals surface area contributed by atoms with Gasteiger partial charge < -0.3 is 18.0 Å². The van der Waals surface area contributed by atoms with Crippen LogP contribution in [0.5, 0.6) is 0 Å². The lowest BCUT2D eigenvalue weighted by molar-refractivity contribution is 0.00704. The van der Waals surface area contributed by atoms with Gasteiger partial charge in [0.05, 0.1) is 6.10 Å². The van der Waals surface area contributed by atoms with Gasteiger partial charge in [-0.25, -0.2) is 0 Å². The second-order valence-electron chi connectivity index (χ2n) is 3.89. The van der Waals surface area contributed by atoms with E-state index in [1.807, 2.05) is 20.8 Å². The van der Waals surface area contributed by atoms with Gasteiger partial charge in [-0.05, 0) is 34.1 Å². The lowest BCUT2D eigenvalue weighted by Gasteiger charge is -2.29. The highest BCUT2D eigenvalue weighted by Crippen LogP contribution is 2.13. The first-order valence-corrected chi connectivity index (χ1v) is 8.60. The molecule has 0 aliphatic heterocycles. The summed E-state index contributed by atoms with van der Waals surface area (Å²) in [5, 5.41) is 0. The van der Waals surface area contributed by atoms with Crippen molar-refractivity contribution in [1.29, 1.82) is 0 Å². The Labute approximate surface area is 107 Å². The summed E-state index contributed by atoms with van der Waals surface area (Å²) in [6, 6.07) is 0. The smallest absolute Gasteiger partial charge is 0.374 e. The third-order valence-corrected chi connectivity index (χ3v) is 5.04. The zero-order valence-corrected chi connectivity index (χ0v) is 13.0. The highest BCUT2D eigenvalue weighted by atomic mass is 28.4. The largest absolute Gasteiger partial charge is 0.528 e. The van der Waals surface area contributed by atoms with Crippen LogP contribution >= 0.6 is 0 Å². The normalized spacial score (nSPS) is 13.9. The molecule has 0 radical (unpaired) electrons. The van der Waals surface area contributed by atoms with E-state index in [-0.39, 0.29) is 6.10 Å². The molecule has 5 heteroatoms. The van der Waals surface area contributed by atoms with Crippen molar-refractivity contribution in [3.63, 3.8) is 0 Å². The van der Waals surface area contributed by atoms with E-state index < -0.39 is 8.80 Å². The zero-order valence-electron chi connectivity index (χ0n) is 12.0. The third-order valence-electron chi connectivity index (χ3n) is 2.33. The maximum absolute atomic E-state index is 5.79. The van der Waals surface area contributed by atoms with Crippen LogP contribution in [0, 0.1) is 0 Å². The lowest BCUT2D eigenvalue weighted by Crippen LogP contribution is -2.51. The van der Waals surface area contributed by atoms with E-state index in [0.717, 1.165) is 12.8 Å². The van der Waals surface area contributed by atoms with Crippen LogP contribution in [0.2, 0.25) is 0 Å². The summed E-state index contributed by atoms with van der Waals surface area (Å²) in [5.74, 6) is 0. The summed E-state index contributed by atoms with van der Waals surface area (Å²) in [6.45, 7) is 11.9. The Bertz CT molecular complexity index is 161. The Balaban J connectivity index is 4.32. The van der Waals surface area contributed by atoms with Gasteiger partial charge >= 0.3 is 8.80 Å². The van der Waals surface area contributed by atoms with Crippen molar-refractivity contribution in [1.82, 2.24) is 0 Å². The third kappa shape index (κ3) is 7.16. The summed E-state index contributed by atoms with van der Waals surface area (Å²) in [5.41, 5.74) is 0. The van der Waals surface area contributed by atoms with Gasteiger partial charge in [-0.15, -0.1) is 0 Å². The highest BCUT2D eigenvalue weighted by Gasteiger charge is 2.41. The van der Waals surface area contributed by atoms with Crippen LogP contribution in [0.4, 0.5) is 0 Å². The molecule has 0 spiro atoms. The monoisotopic (exact) mass is 264 g/mol. The molecule has 0 amide bonds. The van der Waals surface area contributed by atoms with E-state index >= 15 is 0 Å². The number of hydrogen-bond acceptors (Lipinski definition) is 4. The first-order valence-electron chi connectivity index (χ1n) is 6.67. The highest BCUT2D eigenvalue weighted by molar-refractivity contribution is 6.60. The van der Waals surface area contributed by atoms with Gasteiger partial charge in [0.25, 0.3) is 0 Å². The van der Waals surface area contributed by atoms with Gasteiger partial charge in [0, 0.05) is 19.8 Å². The standard InChI is InChI=1S/C12H28O4Si/c1-6-10-12(5)13-11-17(14-7-2,15-8-3)16-9-4/h12H,6-11H2,1-5H3. The second kappa shape index (κ2) is 10.0. The molecule has 0 N–H and O–H groups in total. The predicted molar refractivity (Wildman–Crippen MR) is 71.0 cm³/mol. The molecule has 0 aliphatic rings. The van der Waals surface area contributed by atoms with Gasteiger partial charge in [-0.3, -0.25) is 0 Å². The molecular formula is C12H28O4Si. The van der Waals surface area contributed by atoms with Gasteiger partial charge in [0.1, 0.15) is 6.23 Å². The molecule has 1 unspecified atom stereocenters. The van der Waals surface area contributed by atoms with E-state index in [2.05, 4.69) is 13.8 Å². The molecule has 17 heavy (non-hydrogen) atoms. The summed E-state index contributed by atoms with van der Waals surface area (Å²) < 4.78 is 22.9. The van der Waals surface area contributed by atoms with Crippen molar-refractivity contribution in [2.75, 3.05) is 26.1 Å². The lowest BCUT2D eigenvalue weighted by atomic mass is 10.2. The van der Waals surface area contributed by atoms with Crippen LogP contribution in [-0.2, 0) is 18.0 Å². The molecule has 0 aliphatic carbocycles. The van der Waals surface area contributed by atoms with Crippen molar-refractivity contribution < 1.29 is 18.0 Å². The molecule has 0 aromatic carbocycles. The molecule has 0 aromatic heterocycles. The summed E-state index contributed by atoms with van der Waals surface area (Å²) >= 11 is 0. The minimum atomic E-state index is -2.61. The zero-order chi connectivity index (χ0) is 13.1. The fourth-order valence-electron chi connectivity index (χ4n) is 1.64. The van der Waals surface area contributed by atoms with E-state index in [0.29, 0.717) is 26.1 Å². The first kappa shape index (κ1) is 17.1. The van der Waals surface area contributed by atoms with Crippen molar-refractivity contribution in [2.45, 2.75) is 53.6 Å². The molecule has 0 heterocycles. The molecule has 0 rings (SSSR count). The quantitative estimate of drug-likeness (QED) is 0.538. The van der Waals surface area contributed by atoms with Gasteiger partial charge in [-0.2, -0.15) is 0 Å². The molecule has 104 valence electrons. The maximum atomic E-state index is 5.79. The van der Waals surface area contributed by atoms with Crippen molar-refractivity contribution in [2.24, 2.45) is 0 Å². The van der Waals surface area contributed by atoms with E-state index in [4.69, 9.17) is 18.0 Å². The fourth-order valence-corrected chi connectivity index (χ4v) is 3.95. The van der Waals surface area contributed by atoms with Crippen LogP contribution < -0.4 is 0 Å². The summed E-state index contributed by atoms with van der Waals surface area (Å²) in [4.78, 5) is 0. The second-order valence-corrected chi connectivity index (χ2v) is 6.41. The molecule has 0 saturated heterocycles. The Kier molecular flexibility index (Phi) is 10.1. The van der Waals surface area contributed by atoms with Crippen LogP contribution in [0.25, 0.3) is 0 Å². The van der Waals surface area contributed by atoms with Gasteiger partial charge in [0.15, 0.2) is 0 Å². The summed E-state index contributed by atoms with van der Waals surface area (Å²) in [6.07, 6.45) is 2.85. The topological polar surface area (TPSA) is 36.9 Å². The Morgan fingerprint density at radius 1 is 0.882 bits per heavy atom. The van der Waals surface area contributed by atoms with Crippen molar-refractivity contribution in [3.8, 4) is 0 Å². The molecule has 4 nitrogen and oxygen atoms in total. The van der Waals surface area contributed by atoms with Crippen LogP contribution in [0.3, 0.4) is 0 Å². The minimum absolute atomic E-state index is 0.230. The fraction of sp³-hybridized carbons (Fsp3) is 1.00. The number of rotatable bonds is 11. The average molecular weight is 264 g/mol. The predicted octanol–water partition coefficient (Wildman–Crippen LogP) is 2.78. The van der Waals surface area contributed by atoms with Crippen LogP contribution in [-0.4, -0.2) is 41.0 Å². The molecule has 0 saturated carbocycles. The minimum Gasteiger partial charge on any atom is -0.374 e. The van der Waals surface area contributed by atoms with Crippen LogP contribution in [0.15, 0.2) is 0 Å². The van der Waals surface area contributed by atoms with Crippen LogP contribution in [0.1, 0.15) is 47.5 Å². The SMILES string of the molecule is CCCC(C)OC[Si](OCC)(OCC)OCC. The molecule has 0 aromatic rings.